The van der Waals surface area contributed by atoms with Gasteiger partial charge in [-0.15, -0.1) is 11.8 Å². The molecule has 0 saturated heterocycles. The van der Waals surface area contributed by atoms with Crippen molar-refractivity contribution in [3.63, 3.8) is 0 Å². The number of hydrogen-bond donors (Lipinski definition) is 1. The number of hydrogen-bond acceptors (Lipinski definition) is 5. The molecule has 0 aliphatic carbocycles. The summed E-state index contributed by atoms with van der Waals surface area (Å²) in [6, 6.07) is 0. The third kappa shape index (κ3) is 1.14. The molecule has 0 amide bonds. The van der Waals surface area contributed by atoms with Gasteiger partial charge in [0.05, 0.1) is 5.88 Å². The van der Waals surface area contributed by atoms with Crippen molar-refractivity contribution in [2.24, 2.45) is 4.99 Å². The third-order valence-corrected chi connectivity index (χ3v) is 2.40. The molecule has 0 aromatic carbocycles. The van der Waals surface area contributed by atoms with Gasteiger partial charge in [0.2, 0.25) is 5.90 Å². The maximum Gasteiger partial charge on any atom is 0.512 e. The highest BCUT2D eigenvalue weighted by Gasteiger charge is 2.28. The molecule has 0 bridgehead atoms. The third-order valence-electron chi connectivity index (χ3n) is 1.55. The molecule has 0 unspecified atom stereocenters. The first-order valence-corrected chi connectivity index (χ1v) is 4.34. The van der Waals surface area contributed by atoms with Crippen molar-refractivity contribution in [3.05, 3.63) is 11.1 Å². The molecule has 2 aliphatic rings. The Balaban J connectivity index is 2.12. The Morgan fingerprint density at radius 2 is 2.67 bits per heavy atom. The van der Waals surface area contributed by atoms with Crippen LogP contribution in [-0.2, 0) is 4.74 Å². The molecular weight excluding hydrogens is 180 g/mol. The van der Waals surface area contributed by atoms with Crippen molar-refractivity contribution in [1.29, 1.82) is 0 Å². The van der Waals surface area contributed by atoms with E-state index in [0.717, 1.165) is 11.6 Å². The summed E-state index contributed by atoms with van der Waals surface area (Å²) in [7, 11) is 0. The molecule has 0 radical (unpaired) electrons. The zero-order valence-electron chi connectivity index (χ0n) is 6.06. The first-order valence-electron chi connectivity index (χ1n) is 3.29. The molecule has 0 aromatic heterocycles. The van der Waals surface area contributed by atoms with E-state index in [4.69, 9.17) is 5.11 Å². The van der Waals surface area contributed by atoms with Crippen LogP contribution in [0.3, 0.4) is 0 Å². The van der Waals surface area contributed by atoms with E-state index in [-0.39, 0.29) is 5.90 Å². The standard InChI is InChI=1S/C6H6N2O3S/c9-6(10)11-5-4-1-12-3-8(4)2-7-5/h1H,2-3H2,(H,9,10). The predicted molar refractivity (Wildman–Crippen MR) is 43.8 cm³/mol. The molecule has 1 N–H and O–H groups in total. The van der Waals surface area contributed by atoms with E-state index in [1.807, 2.05) is 10.3 Å². The summed E-state index contributed by atoms with van der Waals surface area (Å²) >= 11 is 1.61. The van der Waals surface area contributed by atoms with Gasteiger partial charge in [0, 0.05) is 5.41 Å². The average molecular weight is 186 g/mol. The molecule has 5 nitrogen and oxygen atoms in total. The van der Waals surface area contributed by atoms with Gasteiger partial charge >= 0.3 is 6.16 Å². The number of carboxylic acid groups (broad SMARTS) is 1. The van der Waals surface area contributed by atoms with Crippen molar-refractivity contribution in [2.45, 2.75) is 0 Å². The SMILES string of the molecule is O=C(O)OC1=NCN2CSC=C12. The fourth-order valence-corrected chi connectivity index (χ4v) is 1.93. The average Bonchev–Trinajstić information content (AvgIpc) is 2.52. The van der Waals surface area contributed by atoms with E-state index in [1.165, 1.54) is 0 Å². The van der Waals surface area contributed by atoms with Crippen LogP contribution < -0.4 is 0 Å². The number of ether oxygens (including phenoxy) is 1. The first-order chi connectivity index (χ1) is 5.77. The van der Waals surface area contributed by atoms with Crippen LogP contribution in [0, 0.1) is 0 Å². The fraction of sp³-hybridized carbons (Fsp3) is 0.333. The Labute approximate surface area is 72.7 Å². The highest BCUT2D eigenvalue weighted by molar-refractivity contribution is 8.02. The maximum absolute atomic E-state index is 10.2. The molecule has 6 heteroatoms. The van der Waals surface area contributed by atoms with Crippen LogP contribution in [0.25, 0.3) is 0 Å². The van der Waals surface area contributed by atoms with E-state index in [0.29, 0.717) is 6.67 Å². The van der Waals surface area contributed by atoms with Crippen molar-refractivity contribution in [1.82, 2.24) is 4.90 Å². The largest absolute Gasteiger partial charge is 0.512 e. The Morgan fingerprint density at radius 3 is 3.42 bits per heavy atom. The van der Waals surface area contributed by atoms with E-state index in [2.05, 4.69) is 9.73 Å². The van der Waals surface area contributed by atoms with E-state index < -0.39 is 6.16 Å². The van der Waals surface area contributed by atoms with Gasteiger partial charge in [0.15, 0.2) is 0 Å². The summed E-state index contributed by atoms with van der Waals surface area (Å²) in [5.74, 6) is 1.04. The zero-order chi connectivity index (χ0) is 8.55. The number of nitrogens with zero attached hydrogens (tertiary/aromatic N) is 2. The molecular formula is C6H6N2O3S. The van der Waals surface area contributed by atoms with Gasteiger partial charge < -0.3 is 14.7 Å². The highest BCUT2D eigenvalue weighted by Crippen LogP contribution is 2.28. The molecule has 2 heterocycles. The molecule has 0 aromatic rings. The van der Waals surface area contributed by atoms with Crippen LogP contribution >= 0.6 is 11.8 Å². The summed E-state index contributed by atoms with van der Waals surface area (Å²) in [5.41, 5.74) is 0.780. The number of thioether (sulfide) groups is 1. The minimum atomic E-state index is -1.31. The lowest BCUT2D eigenvalue weighted by molar-refractivity contribution is 0.140. The second-order valence-corrected chi connectivity index (χ2v) is 3.14. The van der Waals surface area contributed by atoms with Gasteiger partial charge in [0.1, 0.15) is 12.4 Å². The molecule has 12 heavy (non-hydrogen) atoms. The van der Waals surface area contributed by atoms with Gasteiger partial charge in [-0.05, 0) is 0 Å². The number of carbonyl (C=O) groups is 1. The zero-order valence-corrected chi connectivity index (χ0v) is 6.87. The van der Waals surface area contributed by atoms with Crippen LogP contribution in [0.5, 0.6) is 0 Å². The van der Waals surface area contributed by atoms with Gasteiger partial charge in [-0.1, -0.05) is 0 Å². The second-order valence-electron chi connectivity index (χ2n) is 2.31. The van der Waals surface area contributed by atoms with Crippen LogP contribution in [-0.4, -0.2) is 34.6 Å². The van der Waals surface area contributed by atoms with Crippen LogP contribution in [0.1, 0.15) is 0 Å². The van der Waals surface area contributed by atoms with E-state index >= 15 is 0 Å². The highest BCUT2D eigenvalue weighted by atomic mass is 32.2. The maximum atomic E-state index is 10.2. The normalized spacial score (nSPS) is 20.2. The minimum Gasteiger partial charge on any atom is -0.449 e. The monoisotopic (exact) mass is 186 g/mol. The van der Waals surface area contributed by atoms with Crippen molar-refractivity contribution < 1.29 is 14.6 Å². The Morgan fingerprint density at radius 1 is 1.83 bits per heavy atom. The summed E-state index contributed by atoms with van der Waals surface area (Å²) in [6.45, 7) is 0.501. The van der Waals surface area contributed by atoms with Crippen LogP contribution in [0.2, 0.25) is 0 Å². The van der Waals surface area contributed by atoms with Gasteiger partial charge in [-0.2, -0.15) is 0 Å². The van der Waals surface area contributed by atoms with Gasteiger partial charge in [-0.25, -0.2) is 9.79 Å². The molecule has 0 saturated carbocycles. The fourth-order valence-electron chi connectivity index (χ4n) is 1.05. The lowest BCUT2D eigenvalue weighted by Gasteiger charge is -2.09. The second kappa shape index (κ2) is 2.71. The van der Waals surface area contributed by atoms with Gasteiger partial charge in [0.25, 0.3) is 0 Å². The molecule has 2 rings (SSSR count). The number of rotatable bonds is 0. The Kier molecular flexibility index (Phi) is 1.69. The lowest BCUT2D eigenvalue weighted by Crippen LogP contribution is -2.18. The van der Waals surface area contributed by atoms with E-state index in [9.17, 15) is 4.79 Å². The van der Waals surface area contributed by atoms with Gasteiger partial charge in [-0.3, -0.25) is 0 Å². The van der Waals surface area contributed by atoms with Crippen LogP contribution in [0.15, 0.2) is 16.1 Å². The molecule has 0 fully saturated rings. The quantitative estimate of drug-likeness (QED) is 0.569. The van der Waals surface area contributed by atoms with Crippen molar-refractivity contribution in [3.8, 4) is 0 Å². The molecule has 0 atom stereocenters. The lowest BCUT2D eigenvalue weighted by atomic mass is 10.5. The summed E-state index contributed by atoms with van der Waals surface area (Å²) in [6.07, 6.45) is -1.31. The Hall–Kier alpha value is -1.17. The molecule has 2 aliphatic heterocycles. The molecule has 0 spiro atoms. The minimum absolute atomic E-state index is 0.215. The number of fused-ring (bicyclic) bond motifs is 1. The summed E-state index contributed by atoms with van der Waals surface area (Å²) in [5, 5.41) is 10.2. The topological polar surface area (TPSA) is 62.1 Å². The van der Waals surface area contributed by atoms with Crippen LogP contribution in [0.4, 0.5) is 4.79 Å². The summed E-state index contributed by atoms with van der Waals surface area (Å²) < 4.78 is 4.47. The number of aliphatic imine (C=N–C) groups is 1. The van der Waals surface area contributed by atoms with E-state index in [1.54, 1.807) is 11.8 Å². The molecule has 64 valence electrons. The Bertz CT molecular complexity index is 287. The summed E-state index contributed by atoms with van der Waals surface area (Å²) in [4.78, 5) is 16.1. The van der Waals surface area contributed by atoms with Crippen molar-refractivity contribution >= 4 is 23.8 Å². The van der Waals surface area contributed by atoms with Crippen molar-refractivity contribution in [2.75, 3.05) is 12.5 Å². The first kappa shape index (κ1) is 7.48. The predicted octanol–water partition coefficient (Wildman–Crippen LogP) is 0.898. The smallest absolute Gasteiger partial charge is 0.449 e.